The zero-order chi connectivity index (χ0) is 14.0. The molecule has 1 N–H and O–H groups in total. The maximum atomic E-state index is 12.3. The van der Waals surface area contributed by atoms with E-state index in [-0.39, 0.29) is 23.4 Å². The molecule has 0 radical (unpaired) electrons. The van der Waals surface area contributed by atoms with E-state index in [0.717, 1.165) is 13.1 Å². The lowest BCUT2D eigenvalue weighted by Gasteiger charge is -2.35. The van der Waals surface area contributed by atoms with Gasteiger partial charge in [0.05, 0.1) is 29.7 Å². The van der Waals surface area contributed by atoms with Gasteiger partial charge < -0.3 is 15.0 Å². The maximum absolute atomic E-state index is 12.3. The second-order valence-corrected chi connectivity index (χ2v) is 4.37. The van der Waals surface area contributed by atoms with Crippen molar-refractivity contribution in [3.63, 3.8) is 0 Å². The van der Waals surface area contributed by atoms with E-state index in [1.54, 1.807) is 11.9 Å². The topological polar surface area (TPSA) is 84.7 Å². The average Bonchev–Trinajstić information content (AvgIpc) is 2.34. The van der Waals surface area contributed by atoms with Gasteiger partial charge in [0.25, 0.3) is 11.6 Å². The van der Waals surface area contributed by atoms with Crippen LogP contribution in [0, 0.1) is 10.1 Å². The van der Waals surface area contributed by atoms with Gasteiger partial charge in [0.15, 0.2) is 0 Å². The van der Waals surface area contributed by atoms with Gasteiger partial charge in [0, 0.05) is 26.2 Å². The predicted molar refractivity (Wildman–Crippen MR) is 68.4 cm³/mol. The number of hydrogen-bond donors (Lipinski definition) is 1. The van der Waals surface area contributed by atoms with Crippen LogP contribution in [-0.2, 0) is 0 Å². The lowest BCUT2D eigenvalue weighted by atomic mass is 10.1. The second kappa shape index (κ2) is 5.23. The summed E-state index contributed by atoms with van der Waals surface area (Å²) < 4.78 is 5.07. The van der Waals surface area contributed by atoms with Crippen LogP contribution in [0.4, 0.5) is 5.69 Å². The summed E-state index contributed by atoms with van der Waals surface area (Å²) in [6.07, 6.45) is 0. The van der Waals surface area contributed by atoms with Gasteiger partial charge >= 0.3 is 0 Å². The van der Waals surface area contributed by atoms with Crippen molar-refractivity contribution in [1.82, 2.24) is 10.2 Å². The van der Waals surface area contributed by atoms with Crippen LogP contribution in [-0.4, -0.2) is 49.0 Å². The standard InChI is InChI=1S/C12H15N3O4/c1-14(9-6-13-7-9)12(16)10-4-3-8(15(17)18)5-11(10)19-2/h3-5,9,13H,6-7H2,1-2H3. The molecule has 1 saturated heterocycles. The zero-order valence-corrected chi connectivity index (χ0v) is 10.8. The first kappa shape index (κ1) is 13.3. The molecule has 1 aliphatic heterocycles. The number of hydrogen-bond acceptors (Lipinski definition) is 5. The van der Waals surface area contributed by atoms with Crippen LogP contribution < -0.4 is 10.1 Å². The van der Waals surface area contributed by atoms with Gasteiger partial charge in [-0.1, -0.05) is 0 Å². The SMILES string of the molecule is COc1cc([N+](=O)[O-])ccc1C(=O)N(C)C1CNC1. The summed E-state index contributed by atoms with van der Waals surface area (Å²) in [7, 11) is 3.11. The molecule has 7 nitrogen and oxygen atoms in total. The van der Waals surface area contributed by atoms with E-state index in [1.165, 1.54) is 25.3 Å². The fourth-order valence-corrected chi connectivity index (χ4v) is 1.87. The quantitative estimate of drug-likeness (QED) is 0.638. The molecular weight excluding hydrogens is 250 g/mol. The molecule has 1 aromatic carbocycles. The molecule has 0 unspecified atom stereocenters. The van der Waals surface area contributed by atoms with Crippen molar-refractivity contribution >= 4 is 11.6 Å². The van der Waals surface area contributed by atoms with Crippen LogP contribution in [0.5, 0.6) is 5.75 Å². The summed E-state index contributed by atoms with van der Waals surface area (Å²) in [6.45, 7) is 1.52. The number of ether oxygens (including phenoxy) is 1. The molecule has 0 aromatic heterocycles. The Hall–Kier alpha value is -2.15. The number of carbonyl (C=O) groups excluding carboxylic acids is 1. The minimum atomic E-state index is -0.518. The molecule has 1 amide bonds. The number of nitrogens with one attached hydrogen (secondary N) is 1. The average molecular weight is 265 g/mol. The van der Waals surface area contributed by atoms with Crippen molar-refractivity contribution in [3.8, 4) is 5.75 Å². The molecule has 1 heterocycles. The van der Waals surface area contributed by atoms with E-state index < -0.39 is 4.92 Å². The van der Waals surface area contributed by atoms with Crippen molar-refractivity contribution in [2.24, 2.45) is 0 Å². The Labute approximate surface area is 110 Å². The fourth-order valence-electron chi connectivity index (χ4n) is 1.87. The van der Waals surface area contributed by atoms with E-state index >= 15 is 0 Å². The lowest BCUT2D eigenvalue weighted by Crippen LogP contribution is -2.57. The highest BCUT2D eigenvalue weighted by Gasteiger charge is 2.28. The Morgan fingerprint density at radius 3 is 2.68 bits per heavy atom. The van der Waals surface area contributed by atoms with Crippen molar-refractivity contribution in [1.29, 1.82) is 0 Å². The third kappa shape index (κ3) is 2.50. The molecule has 7 heteroatoms. The van der Waals surface area contributed by atoms with Crippen LogP contribution >= 0.6 is 0 Å². The second-order valence-electron chi connectivity index (χ2n) is 4.37. The van der Waals surface area contributed by atoms with Crippen LogP contribution in [0.2, 0.25) is 0 Å². The largest absolute Gasteiger partial charge is 0.496 e. The molecule has 0 bridgehead atoms. The normalized spacial score (nSPS) is 14.6. The number of non-ortho nitro benzene ring substituents is 1. The molecule has 0 spiro atoms. The van der Waals surface area contributed by atoms with E-state index in [2.05, 4.69) is 5.32 Å². The van der Waals surface area contributed by atoms with E-state index in [1.807, 2.05) is 0 Å². The van der Waals surface area contributed by atoms with Gasteiger partial charge in [-0.25, -0.2) is 0 Å². The van der Waals surface area contributed by atoms with E-state index in [9.17, 15) is 14.9 Å². The number of methoxy groups -OCH3 is 1. The molecular formula is C12H15N3O4. The first-order valence-corrected chi connectivity index (χ1v) is 5.85. The molecule has 0 aliphatic carbocycles. The van der Waals surface area contributed by atoms with Crippen molar-refractivity contribution in [2.75, 3.05) is 27.2 Å². The van der Waals surface area contributed by atoms with Crippen molar-refractivity contribution in [3.05, 3.63) is 33.9 Å². The van der Waals surface area contributed by atoms with Gasteiger partial charge in [-0.15, -0.1) is 0 Å². The Kier molecular flexibility index (Phi) is 3.66. The smallest absolute Gasteiger partial charge is 0.273 e. The summed E-state index contributed by atoms with van der Waals surface area (Å²) in [5.41, 5.74) is 0.240. The molecule has 19 heavy (non-hydrogen) atoms. The Morgan fingerprint density at radius 1 is 1.53 bits per heavy atom. The molecule has 2 rings (SSSR count). The number of nitro groups is 1. The number of nitro benzene ring substituents is 1. The number of nitrogens with zero attached hydrogens (tertiary/aromatic N) is 2. The molecule has 0 atom stereocenters. The molecule has 1 fully saturated rings. The lowest BCUT2D eigenvalue weighted by molar-refractivity contribution is -0.384. The highest BCUT2D eigenvalue weighted by Crippen LogP contribution is 2.26. The van der Waals surface area contributed by atoms with Crippen molar-refractivity contribution < 1.29 is 14.5 Å². The fraction of sp³-hybridized carbons (Fsp3) is 0.417. The Morgan fingerprint density at radius 2 is 2.21 bits per heavy atom. The third-order valence-corrected chi connectivity index (χ3v) is 3.25. The first-order valence-electron chi connectivity index (χ1n) is 5.85. The monoisotopic (exact) mass is 265 g/mol. The summed E-state index contributed by atoms with van der Waals surface area (Å²) >= 11 is 0. The summed E-state index contributed by atoms with van der Waals surface area (Å²) in [5.74, 6) is 0.0246. The van der Waals surface area contributed by atoms with Crippen molar-refractivity contribution in [2.45, 2.75) is 6.04 Å². The predicted octanol–water partition coefficient (Wildman–Crippen LogP) is 0.647. The highest BCUT2D eigenvalue weighted by molar-refractivity contribution is 5.97. The summed E-state index contributed by atoms with van der Waals surface area (Å²) in [4.78, 5) is 24.1. The number of amides is 1. The molecule has 0 saturated carbocycles. The molecule has 102 valence electrons. The van der Waals surface area contributed by atoms with Gasteiger partial charge in [0.1, 0.15) is 5.75 Å². The number of benzene rings is 1. The van der Waals surface area contributed by atoms with Crippen LogP contribution in [0.1, 0.15) is 10.4 Å². The highest BCUT2D eigenvalue weighted by atomic mass is 16.6. The third-order valence-electron chi connectivity index (χ3n) is 3.25. The van der Waals surface area contributed by atoms with Gasteiger partial charge in [-0.05, 0) is 6.07 Å². The van der Waals surface area contributed by atoms with Gasteiger partial charge in [-0.2, -0.15) is 0 Å². The Balaban J connectivity index is 2.27. The minimum absolute atomic E-state index is 0.0960. The minimum Gasteiger partial charge on any atom is -0.496 e. The zero-order valence-electron chi connectivity index (χ0n) is 10.8. The van der Waals surface area contributed by atoms with Crippen LogP contribution in [0.25, 0.3) is 0 Å². The van der Waals surface area contributed by atoms with E-state index in [0.29, 0.717) is 5.56 Å². The van der Waals surface area contributed by atoms with Gasteiger partial charge in [-0.3, -0.25) is 14.9 Å². The summed E-state index contributed by atoms with van der Waals surface area (Å²) in [5, 5.41) is 13.8. The molecule has 1 aromatic rings. The van der Waals surface area contributed by atoms with Crippen LogP contribution in [0.3, 0.4) is 0 Å². The number of carbonyl (C=O) groups is 1. The Bertz CT molecular complexity index is 514. The van der Waals surface area contributed by atoms with E-state index in [4.69, 9.17) is 4.74 Å². The van der Waals surface area contributed by atoms with Crippen LogP contribution in [0.15, 0.2) is 18.2 Å². The number of likely N-dealkylation sites (N-methyl/N-ethyl adjacent to an activating group) is 1. The van der Waals surface area contributed by atoms with Gasteiger partial charge in [0.2, 0.25) is 0 Å². The first-order chi connectivity index (χ1) is 9.04. The number of rotatable bonds is 4. The maximum Gasteiger partial charge on any atom is 0.273 e. The summed E-state index contributed by atoms with van der Waals surface area (Å²) in [6, 6.07) is 4.16. The molecule has 1 aliphatic rings.